The second-order valence-electron chi connectivity index (χ2n) is 5.63. The standard InChI is InChI=1S/C22H15NO/c23-14-15-24-21-13-12-17-7-2-4-10-19(17)22(21)20-11-5-8-16-6-1-3-9-18(16)20/h1-13H,15H2. The third-order valence-electron chi connectivity index (χ3n) is 4.24. The Kier molecular flexibility index (Phi) is 3.61. The summed E-state index contributed by atoms with van der Waals surface area (Å²) in [5.41, 5.74) is 2.16. The minimum atomic E-state index is 0.0378. The summed E-state index contributed by atoms with van der Waals surface area (Å²) >= 11 is 0. The first-order valence-corrected chi connectivity index (χ1v) is 7.88. The van der Waals surface area contributed by atoms with Crippen molar-refractivity contribution in [1.29, 1.82) is 5.26 Å². The number of nitriles is 1. The fraction of sp³-hybridized carbons (Fsp3) is 0.0455. The SMILES string of the molecule is N#CCOc1ccc2ccccc2c1-c1cccc2ccccc12. The van der Waals surface area contributed by atoms with Gasteiger partial charge in [-0.15, -0.1) is 0 Å². The molecule has 0 N–H and O–H groups in total. The minimum absolute atomic E-state index is 0.0378. The average Bonchev–Trinajstić information content (AvgIpc) is 2.65. The predicted molar refractivity (Wildman–Crippen MR) is 98.0 cm³/mol. The normalized spacial score (nSPS) is 10.6. The van der Waals surface area contributed by atoms with Gasteiger partial charge in [-0.2, -0.15) is 5.26 Å². The summed E-state index contributed by atoms with van der Waals surface area (Å²) in [4.78, 5) is 0. The van der Waals surface area contributed by atoms with Crippen LogP contribution in [0.5, 0.6) is 5.75 Å². The van der Waals surface area contributed by atoms with Crippen LogP contribution in [-0.2, 0) is 0 Å². The van der Waals surface area contributed by atoms with Crippen molar-refractivity contribution in [3.8, 4) is 22.9 Å². The maximum Gasteiger partial charge on any atom is 0.174 e. The molecule has 4 rings (SSSR count). The van der Waals surface area contributed by atoms with Crippen molar-refractivity contribution < 1.29 is 4.74 Å². The highest BCUT2D eigenvalue weighted by Gasteiger charge is 2.13. The van der Waals surface area contributed by atoms with Gasteiger partial charge < -0.3 is 4.74 Å². The van der Waals surface area contributed by atoms with E-state index in [9.17, 15) is 0 Å². The van der Waals surface area contributed by atoms with Gasteiger partial charge in [0.1, 0.15) is 11.8 Å². The first kappa shape index (κ1) is 14.3. The van der Waals surface area contributed by atoms with E-state index in [4.69, 9.17) is 10.00 Å². The molecule has 0 saturated carbocycles. The molecule has 0 fully saturated rings. The molecule has 24 heavy (non-hydrogen) atoms. The van der Waals surface area contributed by atoms with E-state index in [1.54, 1.807) is 0 Å². The number of ether oxygens (including phenoxy) is 1. The van der Waals surface area contributed by atoms with E-state index in [2.05, 4.69) is 48.5 Å². The summed E-state index contributed by atoms with van der Waals surface area (Å²) < 4.78 is 5.74. The summed E-state index contributed by atoms with van der Waals surface area (Å²) in [7, 11) is 0. The Morgan fingerprint density at radius 1 is 0.708 bits per heavy atom. The molecule has 0 unspecified atom stereocenters. The van der Waals surface area contributed by atoms with E-state index in [-0.39, 0.29) is 6.61 Å². The lowest BCUT2D eigenvalue weighted by atomic mass is 9.93. The van der Waals surface area contributed by atoms with Gasteiger partial charge in [-0.25, -0.2) is 0 Å². The lowest BCUT2D eigenvalue weighted by Crippen LogP contribution is -1.97. The van der Waals surface area contributed by atoms with E-state index in [0.29, 0.717) is 0 Å². The Balaban J connectivity index is 2.08. The Hall–Kier alpha value is -3.31. The molecular formula is C22H15NO. The predicted octanol–water partition coefficient (Wildman–Crippen LogP) is 5.56. The molecule has 2 heteroatoms. The summed E-state index contributed by atoms with van der Waals surface area (Å²) in [6, 6.07) is 28.9. The van der Waals surface area contributed by atoms with E-state index >= 15 is 0 Å². The molecule has 0 spiro atoms. The zero-order valence-electron chi connectivity index (χ0n) is 13.1. The number of hydrogen-bond acceptors (Lipinski definition) is 2. The monoisotopic (exact) mass is 309 g/mol. The summed E-state index contributed by atoms with van der Waals surface area (Å²) in [5.74, 6) is 0.742. The Morgan fingerprint density at radius 2 is 1.38 bits per heavy atom. The quantitative estimate of drug-likeness (QED) is 0.496. The van der Waals surface area contributed by atoms with Gasteiger partial charge in [0.15, 0.2) is 6.61 Å². The number of hydrogen-bond donors (Lipinski definition) is 0. The van der Waals surface area contributed by atoms with E-state index < -0.39 is 0 Å². The van der Waals surface area contributed by atoms with Crippen LogP contribution < -0.4 is 4.74 Å². The van der Waals surface area contributed by atoms with Gasteiger partial charge in [-0.1, -0.05) is 72.8 Å². The van der Waals surface area contributed by atoms with Crippen molar-refractivity contribution in [2.45, 2.75) is 0 Å². The third-order valence-corrected chi connectivity index (χ3v) is 4.24. The van der Waals surface area contributed by atoms with Crippen LogP contribution in [0.25, 0.3) is 32.7 Å². The number of benzene rings is 4. The van der Waals surface area contributed by atoms with Gasteiger partial charge in [0.05, 0.1) is 0 Å². The molecule has 2 nitrogen and oxygen atoms in total. The van der Waals surface area contributed by atoms with E-state index in [1.165, 1.54) is 10.8 Å². The van der Waals surface area contributed by atoms with Crippen molar-refractivity contribution in [3.05, 3.63) is 78.9 Å². The molecule has 114 valence electrons. The molecule has 0 aromatic heterocycles. The van der Waals surface area contributed by atoms with Crippen molar-refractivity contribution in [1.82, 2.24) is 0 Å². The molecule has 0 amide bonds. The highest BCUT2D eigenvalue weighted by Crippen LogP contribution is 2.40. The van der Waals surface area contributed by atoms with Crippen LogP contribution in [-0.4, -0.2) is 6.61 Å². The fourth-order valence-electron chi connectivity index (χ4n) is 3.20. The molecule has 0 aliphatic carbocycles. The van der Waals surface area contributed by atoms with Crippen LogP contribution in [0.2, 0.25) is 0 Å². The maximum absolute atomic E-state index is 8.90. The molecule has 0 heterocycles. The van der Waals surface area contributed by atoms with Gasteiger partial charge in [0.25, 0.3) is 0 Å². The van der Waals surface area contributed by atoms with Crippen LogP contribution in [0.4, 0.5) is 0 Å². The van der Waals surface area contributed by atoms with Crippen LogP contribution in [0.1, 0.15) is 0 Å². The number of nitrogens with zero attached hydrogens (tertiary/aromatic N) is 1. The van der Waals surface area contributed by atoms with Gasteiger partial charge in [-0.3, -0.25) is 0 Å². The molecule has 0 saturated heterocycles. The Bertz CT molecular complexity index is 1070. The zero-order chi connectivity index (χ0) is 16.4. The van der Waals surface area contributed by atoms with Crippen molar-refractivity contribution in [3.63, 3.8) is 0 Å². The van der Waals surface area contributed by atoms with Gasteiger partial charge in [0, 0.05) is 5.56 Å². The maximum atomic E-state index is 8.90. The van der Waals surface area contributed by atoms with Crippen molar-refractivity contribution >= 4 is 21.5 Å². The second-order valence-corrected chi connectivity index (χ2v) is 5.63. The van der Waals surface area contributed by atoms with Gasteiger partial charge in [0.2, 0.25) is 0 Å². The topological polar surface area (TPSA) is 33.0 Å². The van der Waals surface area contributed by atoms with Gasteiger partial charge in [-0.05, 0) is 33.2 Å². The zero-order valence-corrected chi connectivity index (χ0v) is 13.1. The van der Waals surface area contributed by atoms with Crippen LogP contribution in [0.3, 0.4) is 0 Å². The van der Waals surface area contributed by atoms with E-state index in [0.717, 1.165) is 27.6 Å². The number of rotatable bonds is 3. The molecule has 4 aromatic rings. The van der Waals surface area contributed by atoms with Crippen LogP contribution in [0, 0.1) is 11.3 Å². The Labute approximate surface area is 140 Å². The highest BCUT2D eigenvalue weighted by atomic mass is 16.5. The van der Waals surface area contributed by atoms with Crippen LogP contribution in [0.15, 0.2) is 78.9 Å². The van der Waals surface area contributed by atoms with Gasteiger partial charge >= 0.3 is 0 Å². The molecule has 0 aliphatic heterocycles. The lowest BCUT2D eigenvalue weighted by Gasteiger charge is -2.15. The van der Waals surface area contributed by atoms with E-state index in [1.807, 2.05) is 36.4 Å². The lowest BCUT2D eigenvalue weighted by molar-refractivity contribution is 0.370. The number of fused-ring (bicyclic) bond motifs is 2. The van der Waals surface area contributed by atoms with Crippen molar-refractivity contribution in [2.75, 3.05) is 6.61 Å². The van der Waals surface area contributed by atoms with Crippen molar-refractivity contribution in [2.24, 2.45) is 0 Å². The first-order valence-electron chi connectivity index (χ1n) is 7.88. The average molecular weight is 309 g/mol. The minimum Gasteiger partial charge on any atom is -0.478 e. The smallest absolute Gasteiger partial charge is 0.174 e. The molecular weight excluding hydrogens is 294 g/mol. The fourth-order valence-corrected chi connectivity index (χ4v) is 3.20. The Morgan fingerprint density at radius 3 is 2.17 bits per heavy atom. The summed E-state index contributed by atoms with van der Waals surface area (Å²) in [6.45, 7) is 0.0378. The molecule has 0 aliphatic rings. The molecule has 4 aromatic carbocycles. The first-order chi connectivity index (χ1) is 11.9. The molecule has 0 bridgehead atoms. The second kappa shape index (κ2) is 6.06. The molecule has 0 radical (unpaired) electrons. The summed E-state index contributed by atoms with van der Waals surface area (Å²) in [5, 5.41) is 13.6. The largest absolute Gasteiger partial charge is 0.478 e. The highest BCUT2D eigenvalue weighted by molar-refractivity contribution is 6.07. The third kappa shape index (κ3) is 2.37. The molecule has 0 atom stereocenters. The van der Waals surface area contributed by atoms with Crippen LogP contribution >= 0.6 is 0 Å². The summed E-state index contributed by atoms with van der Waals surface area (Å²) in [6.07, 6.45) is 0.